The van der Waals surface area contributed by atoms with E-state index >= 15 is 0 Å². The third kappa shape index (κ3) is 3.29. The minimum absolute atomic E-state index is 0.173. The molecule has 2 N–H and O–H groups in total. The molecule has 2 aromatic rings. The second-order valence-electron chi connectivity index (χ2n) is 6.73. The van der Waals surface area contributed by atoms with Crippen molar-refractivity contribution >= 4 is 5.91 Å². The molecule has 0 saturated carbocycles. The minimum Gasteiger partial charge on any atom is -0.341 e. The minimum atomic E-state index is -0.173. The highest BCUT2D eigenvalue weighted by Crippen LogP contribution is 2.26. The molecule has 4 rings (SSSR count). The molecule has 25 heavy (non-hydrogen) atoms. The van der Waals surface area contributed by atoms with E-state index in [2.05, 4.69) is 27.2 Å². The summed E-state index contributed by atoms with van der Waals surface area (Å²) in [7, 11) is 0. The van der Waals surface area contributed by atoms with Gasteiger partial charge in [-0.2, -0.15) is 4.98 Å². The van der Waals surface area contributed by atoms with Gasteiger partial charge in [-0.3, -0.25) is 9.69 Å². The molecule has 7 heteroatoms. The molecule has 1 aromatic heterocycles. The Labute approximate surface area is 146 Å². The molecule has 1 aromatic carbocycles. The Hall–Kier alpha value is -2.25. The molecule has 2 aliphatic heterocycles. The van der Waals surface area contributed by atoms with Crippen molar-refractivity contribution in [1.29, 1.82) is 0 Å². The largest absolute Gasteiger partial charge is 0.341 e. The lowest BCUT2D eigenvalue weighted by molar-refractivity contribution is -0.136. The monoisotopic (exact) mass is 341 g/mol. The molecule has 0 aliphatic carbocycles. The molecule has 1 saturated heterocycles. The standard InChI is InChI=1S/C18H23N5O2/c19-10-17-20-16(21-25-17)12-23-11-14-6-2-1-5-13(14)9-15(23)18(24)22-7-3-4-8-22/h1-2,5-6,15H,3-4,7-12,19H2. The summed E-state index contributed by atoms with van der Waals surface area (Å²) < 4.78 is 5.11. The van der Waals surface area contributed by atoms with Crippen molar-refractivity contribution < 1.29 is 9.32 Å². The van der Waals surface area contributed by atoms with Gasteiger partial charge in [0.05, 0.1) is 19.1 Å². The number of nitrogens with two attached hydrogens (primary N) is 1. The van der Waals surface area contributed by atoms with Crippen LogP contribution in [0.15, 0.2) is 28.8 Å². The van der Waals surface area contributed by atoms with Crippen LogP contribution in [-0.2, 0) is 30.8 Å². The first-order valence-electron chi connectivity index (χ1n) is 8.86. The number of carbonyl (C=O) groups excluding carboxylic acids is 1. The summed E-state index contributed by atoms with van der Waals surface area (Å²) in [6.07, 6.45) is 2.92. The maximum Gasteiger partial charge on any atom is 0.240 e. The number of hydrogen-bond donors (Lipinski definition) is 1. The SMILES string of the molecule is NCc1nc(CN2Cc3ccccc3CC2C(=O)N2CCCC2)no1. The second kappa shape index (κ2) is 6.93. The summed E-state index contributed by atoms with van der Waals surface area (Å²) in [4.78, 5) is 21.5. The number of carbonyl (C=O) groups is 1. The van der Waals surface area contributed by atoms with E-state index < -0.39 is 0 Å². The van der Waals surface area contributed by atoms with E-state index in [1.807, 2.05) is 17.0 Å². The van der Waals surface area contributed by atoms with Crippen LogP contribution in [0.4, 0.5) is 0 Å². The number of fused-ring (bicyclic) bond motifs is 1. The number of aromatic nitrogens is 2. The summed E-state index contributed by atoms with van der Waals surface area (Å²) in [5.41, 5.74) is 8.06. The Morgan fingerprint density at radius 3 is 2.72 bits per heavy atom. The lowest BCUT2D eigenvalue weighted by atomic mass is 9.93. The van der Waals surface area contributed by atoms with Gasteiger partial charge in [-0.15, -0.1) is 0 Å². The summed E-state index contributed by atoms with van der Waals surface area (Å²) in [5, 5.41) is 4.00. The molecule has 1 atom stereocenters. The molecular weight excluding hydrogens is 318 g/mol. The van der Waals surface area contributed by atoms with Crippen molar-refractivity contribution in [2.24, 2.45) is 5.73 Å². The molecule has 1 unspecified atom stereocenters. The third-order valence-electron chi connectivity index (χ3n) is 5.08. The van der Waals surface area contributed by atoms with Gasteiger partial charge in [0.25, 0.3) is 0 Å². The normalized spacial score (nSPS) is 20.7. The third-order valence-corrected chi connectivity index (χ3v) is 5.08. The number of hydrogen-bond acceptors (Lipinski definition) is 6. The summed E-state index contributed by atoms with van der Waals surface area (Å²) in [6, 6.07) is 8.16. The lowest BCUT2D eigenvalue weighted by Crippen LogP contribution is -2.50. The summed E-state index contributed by atoms with van der Waals surface area (Å²) in [5.74, 6) is 1.23. The van der Waals surface area contributed by atoms with Gasteiger partial charge in [0.1, 0.15) is 0 Å². The maximum absolute atomic E-state index is 13.1. The molecule has 7 nitrogen and oxygen atoms in total. The Morgan fingerprint density at radius 2 is 2.00 bits per heavy atom. The van der Waals surface area contributed by atoms with E-state index in [0.717, 1.165) is 32.4 Å². The highest BCUT2D eigenvalue weighted by molar-refractivity contribution is 5.82. The molecule has 1 fully saturated rings. The molecule has 0 spiro atoms. The van der Waals surface area contributed by atoms with Gasteiger partial charge in [-0.25, -0.2) is 0 Å². The number of benzene rings is 1. The fourth-order valence-corrected chi connectivity index (χ4v) is 3.75. The quantitative estimate of drug-likeness (QED) is 0.895. The van der Waals surface area contributed by atoms with Gasteiger partial charge in [-0.05, 0) is 30.4 Å². The maximum atomic E-state index is 13.1. The molecule has 1 amide bonds. The predicted molar refractivity (Wildman–Crippen MR) is 91.2 cm³/mol. The van der Waals surface area contributed by atoms with Gasteiger partial charge < -0.3 is 15.2 Å². The first-order valence-corrected chi connectivity index (χ1v) is 8.86. The average Bonchev–Trinajstić information content (AvgIpc) is 3.32. The fourth-order valence-electron chi connectivity index (χ4n) is 3.75. The average molecular weight is 341 g/mol. The summed E-state index contributed by atoms with van der Waals surface area (Å²) >= 11 is 0. The highest BCUT2D eigenvalue weighted by Gasteiger charge is 2.35. The zero-order valence-corrected chi connectivity index (χ0v) is 14.2. The van der Waals surface area contributed by atoms with E-state index in [4.69, 9.17) is 10.3 Å². The van der Waals surface area contributed by atoms with Crippen LogP contribution in [-0.4, -0.2) is 45.0 Å². The van der Waals surface area contributed by atoms with Crippen molar-refractivity contribution in [3.8, 4) is 0 Å². The first-order chi connectivity index (χ1) is 12.2. The van der Waals surface area contributed by atoms with Crippen molar-refractivity contribution in [3.05, 3.63) is 47.1 Å². The Kier molecular flexibility index (Phi) is 4.50. The van der Waals surface area contributed by atoms with Gasteiger partial charge in [0, 0.05) is 19.6 Å². The van der Waals surface area contributed by atoms with Crippen molar-refractivity contribution in [3.63, 3.8) is 0 Å². The van der Waals surface area contributed by atoms with E-state index in [1.54, 1.807) is 0 Å². The molecule has 0 bridgehead atoms. The van der Waals surface area contributed by atoms with Crippen LogP contribution in [0, 0.1) is 0 Å². The molecule has 3 heterocycles. The Morgan fingerprint density at radius 1 is 1.24 bits per heavy atom. The van der Waals surface area contributed by atoms with E-state index in [0.29, 0.717) is 24.8 Å². The van der Waals surface area contributed by atoms with E-state index in [1.165, 1.54) is 11.1 Å². The number of amides is 1. The van der Waals surface area contributed by atoms with Crippen molar-refractivity contribution in [2.75, 3.05) is 13.1 Å². The molecule has 0 radical (unpaired) electrons. The van der Waals surface area contributed by atoms with E-state index in [-0.39, 0.29) is 18.5 Å². The van der Waals surface area contributed by atoms with E-state index in [9.17, 15) is 4.79 Å². The zero-order valence-electron chi connectivity index (χ0n) is 14.2. The van der Waals surface area contributed by atoms with Crippen LogP contribution < -0.4 is 5.73 Å². The molecule has 2 aliphatic rings. The smallest absolute Gasteiger partial charge is 0.240 e. The first kappa shape index (κ1) is 16.2. The Bertz CT molecular complexity index is 753. The van der Waals surface area contributed by atoms with Gasteiger partial charge >= 0.3 is 0 Å². The van der Waals surface area contributed by atoms with Crippen LogP contribution in [0.3, 0.4) is 0 Å². The molecular formula is C18H23N5O2. The lowest BCUT2D eigenvalue weighted by Gasteiger charge is -2.37. The topological polar surface area (TPSA) is 88.5 Å². The number of likely N-dealkylation sites (tertiary alicyclic amines) is 1. The van der Waals surface area contributed by atoms with Crippen LogP contribution in [0.1, 0.15) is 35.7 Å². The number of rotatable bonds is 4. The van der Waals surface area contributed by atoms with Crippen LogP contribution in [0.2, 0.25) is 0 Å². The van der Waals surface area contributed by atoms with Crippen LogP contribution in [0.25, 0.3) is 0 Å². The van der Waals surface area contributed by atoms with Crippen LogP contribution in [0.5, 0.6) is 0 Å². The Balaban J connectivity index is 1.59. The van der Waals surface area contributed by atoms with Gasteiger partial charge in [0.15, 0.2) is 5.82 Å². The highest BCUT2D eigenvalue weighted by atomic mass is 16.5. The number of nitrogens with zero attached hydrogens (tertiary/aromatic N) is 4. The van der Waals surface area contributed by atoms with Crippen molar-refractivity contribution in [1.82, 2.24) is 19.9 Å². The van der Waals surface area contributed by atoms with Gasteiger partial charge in [0.2, 0.25) is 11.8 Å². The zero-order chi connectivity index (χ0) is 17.2. The molecule has 132 valence electrons. The second-order valence-corrected chi connectivity index (χ2v) is 6.73. The van der Waals surface area contributed by atoms with Gasteiger partial charge in [-0.1, -0.05) is 29.4 Å². The predicted octanol–water partition coefficient (Wildman–Crippen LogP) is 1.08. The van der Waals surface area contributed by atoms with Crippen molar-refractivity contribution in [2.45, 2.75) is 44.9 Å². The van der Waals surface area contributed by atoms with Crippen LogP contribution >= 0.6 is 0 Å². The summed E-state index contributed by atoms with van der Waals surface area (Å²) in [6.45, 7) is 3.16. The fraction of sp³-hybridized carbons (Fsp3) is 0.500.